The van der Waals surface area contributed by atoms with Crippen molar-refractivity contribution in [3.05, 3.63) is 69.7 Å². The molecule has 0 bridgehead atoms. The highest BCUT2D eigenvalue weighted by Crippen LogP contribution is 2.28. The first-order valence-electron chi connectivity index (χ1n) is 6.97. The first-order valence-corrected chi connectivity index (χ1v) is 7.35. The molecule has 112 valence electrons. The molecule has 0 spiro atoms. The molecule has 0 aliphatic carbocycles. The lowest BCUT2D eigenvalue weighted by Crippen LogP contribution is -2.24. The average Bonchev–Trinajstić information content (AvgIpc) is 2.46. The van der Waals surface area contributed by atoms with Crippen molar-refractivity contribution >= 4 is 11.6 Å². The van der Waals surface area contributed by atoms with Crippen LogP contribution in [-0.2, 0) is 0 Å². The summed E-state index contributed by atoms with van der Waals surface area (Å²) in [7, 11) is 0. The summed E-state index contributed by atoms with van der Waals surface area (Å²) in [6, 6.07) is 9.10. The summed E-state index contributed by atoms with van der Waals surface area (Å²) < 4.78 is 27.3. The van der Waals surface area contributed by atoms with Gasteiger partial charge in [-0.3, -0.25) is 0 Å². The van der Waals surface area contributed by atoms with Crippen LogP contribution in [0.5, 0.6) is 0 Å². The van der Waals surface area contributed by atoms with E-state index >= 15 is 0 Å². The van der Waals surface area contributed by atoms with Gasteiger partial charge in [0.05, 0.1) is 11.1 Å². The van der Waals surface area contributed by atoms with Gasteiger partial charge in [0.1, 0.15) is 11.6 Å². The molecule has 0 radical (unpaired) electrons. The van der Waals surface area contributed by atoms with Gasteiger partial charge in [-0.15, -0.1) is 0 Å². The maximum Gasteiger partial charge on any atom is 0.142 e. The highest BCUT2D eigenvalue weighted by atomic mass is 35.5. The van der Waals surface area contributed by atoms with Crippen LogP contribution >= 0.6 is 11.6 Å². The molecular weight excluding hydrogens is 292 g/mol. The fraction of sp³-hybridized carbons (Fsp3) is 0.294. The molecule has 4 heteroatoms. The summed E-state index contributed by atoms with van der Waals surface area (Å²) in [6.45, 7) is 4.72. The van der Waals surface area contributed by atoms with Gasteiger partial charge in [0.2, 0.25) is 0 Å². The quantitative estimate of drug-likeness (QED) is 0.818. The lowest BCUT2D eigenvalue weighted by molar-refractivity contribution is 0.575. The van der Waals surface area contributed by atoms with Crippen molar-refractivity contribution in [3.63, 3.8) is 0 Å². The van der Waals surface area contributed by atoms with Gasteiger partial charge in [-0.25, -0.2) is 8.78 Å². The monoisotopic (exact) mass is 309 g/mol. The predicted octanol–water partition coefficient (Wildman–Crippen LogP) is 5.02. The van der Waals surface area contributed by atoms with Crippen molar-refractivity contribution < 1.29 is 8.78 Å². The number of halogens is 3. The molecule has 0 amide bonds. The molecule has 0 aliphatic rings. The van der Waals surface area contributed by atoms with Crippen LogP contribution in [0.3, 0.4) is 0 Å². The normalized spacial score (nSPS) is 12.4. The number of aryl methyl sites for hydroxylation is 1. The highest BCUT2D eigenvalue weighted by molar-refractivity contribution is 6.30. The van der Waals surface area contributed by atoms with Crippen LogP contribution in [0, 0.1) is 18.6 Å². The Morgan fingerprint density at radius 1 is 1.14 bits per heavy atom. The zero-order chi connectivity index (χ0) is 15.4. The van der Waals surface area contributed by atoms with Gasteiger partial charge >= 0.3 is 0 Å². The van der Waals surface area contributed by atoms with Crippen LogP contribution in [-0.4, -0.2) is 6.54 Å². The number of rotatable bonds is 5. The maximum absolute atomic E-state index is 13.7. The molecular formula is C17H18ClF2N. The average molecular weight is 310 g/mol. The molecule has 21 heavy (non-hydrogen) atoms. The van der Waals surface area contributed by atoms with Crippen molar-refractivity contribution in [2.24, 2.45) is 0 Å². The van der Waals surface area contributed by atoms with Gasteiger partial charge < -0.3 is 5.32 Å². The Kier molecular flexibility index (Phi) is 5.32. The van der Waals surface area contributed by atoms with E-state index in [2.05, 4.69) is 5.32 Å². The van der Waals surface area contributed by atoms with Crippen LogP contribution in [0.15, 0.2) is 36.4 Å². The summed E-state index contributed by atoms with van der Waals surface area (Å²) in [5.74, 6) is -0.764. The Morgan fingerprint density at radius 3 is 2.57 bits per heavy atom. The fourth-order valence-electron chi connectivity index (χ4n) is 2.31. The lowest BCUT2D eigenvalue weighted by Gasteiger charge is -2.22. The molecule has 0 fully saturated rings. The third-order valence-electron chi connectivity index (χ3n) is 3.43. The summed E-state index contributed by atoms with van der Waals surface area (Å²) in [5, 5.41) is 3.43. The van der Waals surface area contributed by atoms with Crippen LogP contribution in [0.2, 0.25) is 5.02 Å². The second-order valence-electron chi connectivity index (χ2n) is 5.06. The number of hydrogen-bond donors (Lipinski definition) is 1. The van der Waals surface area contributed by atoms with E-state index in [4.69, 9.17) is 11.6 Å². The van der Waals surface area contributed by atoms with Gasteiger partial charge in [-0.05, 0) is 60.8 Å². The van der Waals surface area contributed by atoms with Crippen LogP contribution < -0.4 is 5.32 Å². The van der Waals surface area contributed by atoms with Crippen LogP contribution in [0.4, 0.5) is 8.78 Å². The van der Waals surface area contributed by atoms with Gasteiger partial charge in [-0.2, -0.15) is 0 Å². The molecule has 0 aromatic heterocycles. The SMILES string of the molecule is CCCNC(c1ccc(Cl)c(F)c1)c1cc(F)ccc1C. The topological polar surface area (TPSA) is 12.0 Å². The standard InChI is InChI=1S/C17H18ClF2N/c1-3-8-21-17(12-5-7-15(18)16(20)9-12)14-10-13(19)6-4-11(14)2/h4-7,9-10,17,21H,3,8H2,1-2H3. The second kappa shape index (κ2) is 7.01. The minimum Gasteiger partial charge on any atom is -0.306 e. The van der Waals surface area contributed by atoms with Gasteiger partial charge in [0.25, 0.3) is 0 Å². The van der Waals surface area contributed by atoms with Gasteiger partial charge in [-0.1, -0.05) is 30.7 Å². The molecule has 0 saturated carbocycles. The van der Waals surface area contributed by atoms with Crippen molar-refractivity contribution in [1.29, 1.82) is 0 Å². The maximum atomic E-state index is 13.7. The molecule has 0 aliphatic heterocycles. The van der Waals surface area contributed by atoms with E-state index in [1.54, 1.807) is 12.1 Å². The van der Waals surface area contributed by atoms with Crippen LogP contribution in [0.25, 0.3) is 0 Å². The molecule has 1 nitrogen and oxygen atoms in total. The Bertz CT molecular complexity index is 628. The molecule has 1 atom stereocenters. The molecule has 2 aromatic rings. The number of nitrogens with one attached hydrogen (secondary N) is 1. The molecule has 1 N–H and O–H groups in total. The van der Waals surface area contributed by atoms with E-state index in [0.29, 0.717) is 0 Å². The summed E-state index contributed by atoms with van der Waals surface area (Å²) in [6.07, 6.45) is 0.931. The minimum absolute atomic E-state index is 0.0870. The molecule has 2 aromatic carbocycles. The molecule has 1 unspecified atom stereocenters. The zero-order valence-corrected chi connectivity index (χ0v) is 12.8. The van der Waals surface area contributed by atoms with E-state index in [9.17, 15) is 8.78 Å². The first kappa shape index (κ1) is 15.9. The summed E-state index contributed by atoms with van der Waals surface area (Å²) in [4.78, 5) is 0. The van der Waals surface area contributed by atoms with Crippen LogP contribution in [0.1, 0.15) is 36.1 Å². The number of benzene rings is 2. The highest BCUT2D eigenvalue weighted by Gasteiger charge is 2.17. The fourth-order valence-corrected chi connectivity index (χ4v) is 2.43. The van der Waals surface area contributed by atoms with E-state index in [1.807, 2.05) is 13.8 Å². The summed E-state index contributed by atoms with van der Waals surface area (Å²) >= 11 is 5.74. The van der Waals surface area contributed by atoms with Crippen molar-refractivity contribution in [3.8, 4) is 0 Å². The summed E-state index contributed by atoms with van der Waals surface area (Å²) in [5.41, 5.74) is 2.50. The minimum atomic E-state index is -0.466. The first-order chi connectivity index (χ1) is 10.0. The van der Waals surface area contributed by atoms with Gasteiger partial charge in [0, 0.05) is 0 Å². The zero-order valence-electron chi connectivity index (χ0n) is 12.1. The van der Waals surface area contributed by atoms with Crippen molar-refractivity contribution in [1.82, 2.24) is 5.32 Å². The Morgan fingerprint density at radius 2 is 1.90 bits per heavy atom. The Hall–Kier alpha value is -1.45. The van der Waals surface area contributed by atoms with E-state index < -0.39 is 5.82 Å². The molecule has 0 heterocycles. The van der Waals surface area contributed by atoms with E-state index in [1.165, 1.54) is 24.3 Å². The molecule has 0 saturated heterocycles. The van der Waals surface area contributed by atoms with E-state index in [-0.39, 0.29) is 16.9 Å². The Balaban J connectivity index is 2.46. The largest absolute Gasteiger partial charge is 0.306 e. The third kappa shape index (κ3) is 3.80. The van der Waals surface area contributed by atoms with Gasteiger partial charge in [0.15, 0.2) is 0 Å². The lowest BCUT2D eigenvalue weighted by atomic mass is 9.94. The number of hydrogen-bond acceptors (Lipinski definition) is 1. The smallest absolute Gasteiger partial charge is 0.142 e. The van der Waals surface area contributed by atoms with Crippen molar-refractivity contribution in [2.45, 2.75) is 26.3 Å². The Labute approximate surface area is 128 Å². The third-order valence-corrected chi connectivity index (χ3v) is 3.73. The van der Waals surface area contributed by atoms with E-state index in [0.717, 1.165) is 29.7 Å². The molecule has 2 rings (SSSR count). The van der Waals surface area contributed by atoms with Crippen molar-refractivity contribution in [2.75, 3.05) is 6.54 Å². The predicted molar refractivity (Wildman–Crippen MR) is 82.7 cm³/mol. The second-order valence-corrected chi connectivity index (χ2v) is 5.47.